The molecular weight excluding hydrogens is 364 g/mol. The number of rotatable bonds is 6. The second-order valence-corrected chi connectivity index (χ2v) is 7.13. The average molecular weight is 388 g/mol. The molecule has 1 aliphatic rings. The Labute approximate surface area is 170 Å². The van der Waals surface area contributed by atoms with Crippen LogP contribution in [0.3, 0.4) is 0 Å². The van der Waals surface area contributed by atoms with Crippen molar-refractivity contribution < 1.29 is 4.79 Å². The van der Waals surface area contributed by atoms with E-state index in [1.807, 2.05) is 31.2 Å². The second kappa shape index (κ2) is 8.68. The first-order chi connectivity index (χ1) is 14.2. The number of aromatic nitrogens is 3. The minimum Gasteiger partial charge on any atom is -0.372 e. The van der Waals surface area contributed by atoms with Crippen molar-refractivity contribution >= 4 is 23.2 Å². The molecule has 148 valence electrons. The third-order valence-corrected chi connectivity index (χ3v) is 4.86. The molecule has 1 saturated heterocycles. The van der Waals surface area contributed by atoms with Crippen molar-refractivity contribution in [2.75, 3.05) is 23.3 Å². The summed E-state index contributed by atoms with van der Waals surface area (Å²) in [6.07, 6.45) is 5.94. The van der Waals surface area contributed by atoms with Gasteiger partial charge in [0.15, 0.2) is 0 Å². The fraction of sp³-hybridized carbons (Fsp3) is 0.273. The molecule has 2 N–H and O–H groups in total. The van der Waals surface area contributed by atoms with E-state index in [1.54, 1.807) is 18.5 Å². The molecule has 0 unspecified atom stereocenters. The fourth-order valence-corrected chi connectivity index (χ4v) is 3.38. The Kier molecular flexibility index (Phi) is 5.65. The molecule has 0 bridgehead atoms. The van der Waals surface area contributed by atoms with Crippen molar-refractivity contribution in [1.82, 2.24) is 20.3 Å². The summed E-state index contributed by atoms with van der Waals surface area (Å²) in [4.78, 5) is 27.7. The lowest BCUT2D eigenvalue weighted by molar-refractivity contribution is 0.0945. The van der Waals surface area contributed by atoms with Crippen LogP contribution in [0.4, 0.5) is 17.3 Å². The number of anilines is 3. The van der Waals surface area contributed by atoms with Crippen LogP contribution in [0.5, 0.6) is 0 Å². The van der Waals surface area contributed by atoms with Crippen molar-refractivity contribution in [3.63, 3.8) is 0 Å². The molecule has 1 aliphatic heterocycles. The highest BCUT2D eigenvalue weighted by Gasteiger charge is 2.13. The fourth-order valence-electron chi connectivity index (χ4n) is 3.38. The average Bonchev–Trinajstić information content (AvgIpc) is 3.28. The van der Waals surface area contributed by atoms with Crippen LogP contribution >= 0.6 is 0 Å². The van der Waals surface area contributed by atoms with Crippen LogP contribution < -0.4 is 15.5 Å². The van der Waals surface area contributed by atoms with Crippen LogP contribution in [0.1, 0.15) is 34.6 Å². The minimum atomic E-state index is -0.244. The number of nitrogens with zero attached hydrogens (tertiary/aromatic N) is 4. The molecule has 2 aromatic heterocycles. The van der Waals surface area contributed by atoms with Gasteiger partial charge in [0.2, 0.25) is 5.95 Å². The van der Waals surface area contributed by atoms with E-state index >= 15 is 0 Å². The topological polar surface area (TPSA) is 83.0 Å². The van der Waals surface area contributed by atoms with Crippen LogP contribution in [-0.2, 0) is 6.54 Å². The zero-order valence-electron chi connectivity index (χ0n) is 16.4. The molecule has 3 aromatic rings. The summed E-state index contributed by atoms with van der Waals surface area (Å²) >= 11 is 0. The maximum Gasteiger partial charge on any atom is 0.270 e. The van der Waals surface area contributed by atoms with E-state index in [-0.39, 0.29) is 5.91 Å². The van der Waals surface area contributed by atoms with Gasteiger partial charge >= 0.3 is 0 Å². The predicted octanol–water partition coefficient (Wildman–Crippen LogP) is 3.45. The summed E-state index contributed by atoms with van der Waals surface area (Å²) in [5.41, 5.74) is 4.11. The van der Waals surface area contributed by atoms with Gasteiger partial charge in [-0.25, -0.2) is 9.97 Å². The number of hydrogen-bond donors (Lipinski definition) is 2. The van der Waals surface area contributed by atoms with E-state index in [1.165, 1.54) is 18.5 Å². The molecule has 0 radical (unpaired) electrons. The lowest BCUT2D eigenvalue weighted by atomic mass is 10.2. The van der Waals surface area contributed by atoms with E-state index in [0.717, 1.165) is 30.0 Å². The smallest absolute Gasteiger partial charge is 0.270 e. The Bertz CT molecular complexity index is 968. The molecule has 7 heteroatoms. The number of amides is 1. The third kappa shape index (κ3) is 4.87. The summed E-state index contributed by atoms with van der Waals surface area (Å²) < 4.78 is 0. The molecule has 1 fully saturated rings. The molecule has 1 aromatic carbocycles. The lowest BCUT2D eigenvalue weighted by Gasteiger charge is -2.17. The number of benzene rings is 1. The molecule has 0 saturated carbocycles. The van der Waals surface area contributed by atoms with Crippen molar-refractivity contribution in [3.8, 4) is 0 Å². The molecule has 0 spiro atoms. The number of pyridine rings is 1. The Morgan fingerprint density at radius 2 is 1.90 bits per heavy atom. The van der Waals surface area contributed by atoms with E-state index in [9.17, 15) is 4.79 Å². The van der Waals surface area contributed by atoms with Crippen LogP contribution in [-0.4, -0.2) is 33.9 Å². The number of nitrogens with one attached hydrogen (secondary N) is 2. The standard InChI is InChI=1S/C22H24N6O/c1-16-13-20(21(29)24-15-17-5-4-10-23-14-17)27-22(25-16)26-18-6-8-19(9-7-18)28-11-2-3-12-28/h4-10,13-14H,2-3,11-12,15H2,1H3,(H,24,29)(H,25,26,27). The van der Waals surface area contributed by atoms with Gasteiger partial charge < -0.3 is 15.5 Å². The van der Waals surface area contributed by atoms with Crippen LogP contribution in [0.25, 0.3) is 0 Å². The molecule has 7 nitrogen and oxygen atoms in total. The zero-order chi connectivity index (χ0) is 20.1. The number of hydrogen-bond acceptors (Lipinski definition) is 6. The highest BCUT2D eigenvalue weighted by Crippen LogP contribution is 2.23. The SMILES string of the molecule is Cc1cc(C(=O)NCc2cccnc2)nc(Nc2ccc(N3CCCC3)cc2)n1. The minimum absolute atomic E-state index is 0.244. The Hall–Kier alpha value is -3.48. The second-order valence-electron chi connectivity index (χ2n) is 7.13. The molecule has 4 rings (SSSR count). The van der Waals surface area contributed by atoms with E-state index in [2.05, 4.69) is 42.6 Å². The van der Waals surface area contributed by atoms with E-state index in [4.69, 9.17) is 0 Å². The molecule has 0 aliphatic carbocycles. The number of aryl methyl sites for hydroxylation is 1. The third-order valence-electron chi connectivity index (χ3n) is 4.86. The normalized spacial score (nSPS) is 13.3. The highest BCUT2D eigenvalue weighted by atomic mass is 16.1. The molecule has 3 heterocycles. The van der Waals surface area contributed by atoms with Gasteiger partial charge in [-0.2, -0.15) is 0 Å². The first kappa shape index (κ1) is 18.9. The maximum atomic E-state index is 12.5. The molecule has 0 atom stereocenters. The molecular formula is C22H24N6O. The Morgan fingerprint density at radius 3 is 2.62 bits per heavy atom. The van der Waals surface area contributed by atoms with Gasteiger partial charge in [-0.3, -0.25) is 9.78 Å². The Balaban J connectivity index is 1.43. The van der Waals surface area contributed by atoms with E-state index in [0.29, 0.717) is 18.2 Å². The van der Waals surface area contributed by atoms with Crippen molar-refractivity contribution in [3.05, 3.63) is 71.8 Å². The summed E-state index contributed by atoms with van der Waals surface area (Å²) in [7, 11) is 0. The molecule has 29 heavy (non-hydrogen) atoms. The summed E-state index contributed by atoms with van der Waals surface area (Å²) in [6, 6.07) is 13.7. The first-order valence-electron chi connectivity index (χ1n) is 9.82. The predicted molar refractivity (Wildman–Crippen MR) is 113 cm³/mol. The van der Waals surface area contributed by atoms with Gasteiger partial charge in [0.1, 0.15) is 5.69 Å². The van der Waals surface area contributed by atoms with Crippen molar-refractivity contribution in [1.29, 1.82) is 0 Å². The van der Waals surface area contributed by atoms with Gasteiger partial charge in [-0.05, 0) is 61.7 Å². The summed E-state index contributed by atoms with van der Waals surface area (Å²) in [6.45, 7) is 4.48. The largest absolute Gasteiger partial charge is 0.372 e. The number of carbonyl (C=O) groups is 1. The quantitative estimate of drug-likeness (QED) is 0.673. The van der Waals surface area contributed by atoms with Crippen molar-refractivity contribution in [2.45, 2.75) is 26.3 Å². The summed E-state index contributed by atoms with van der Waals surface area (Å²) in [5.74, 6) is 0.164. The van der Waals surface area contributed by atoms with Crippen LogP contribution in [0.15, 0.2) is 54.9 Å². The lowest BCUT2D eigenvalue weighted by Crippen LogP contribution is -2.24. The maximum absolute atomic E-state index is 12.5. The number of carbonyl (C=O) groups excluding carboxylic acids is 1. The zero-order valence-corrected chi connectivity index (χ0v) is 16.4. The monoisotopic (exact) mass is 388 g/mol. The Morgan fingerprint density at radius 1 is 1.10 bits per heavy atom. The van der Waals surface area contributed by atoms with Gasteiger partial charge in [0.25, 0.3) is 5.91 Å². The van der Waals surface area contributed by atoms with Gasteiger partial charge in [-0.15, -0.1) is 0 Å². The highest BCUT2D eigenvalue weighted by molar-refractivity contribution is 5.92. The van der Waals surface area contributed by atoms with Crippen LogP contribution in [0.2, 0.25) is 0 Å². The van der Waals surface area contributed by atoms with Gasteiger partial charge in [0.05, 0.1) is 0 Å². The van der Waals surface area contributed by atoms with Crippen LogP contribution in [0, 0.1) is 6.92 Å². The van der Waals surface area contributed by atoms with Gasteiger partial charge in [-0.1, -0.05) is 6.07 Å². The van der Waals surface area contributed by atoms with E-state index < -0.39 is 0 Å². The summed E-state index contributed by atoms with van der Waals surface area (Å²) in [5, 5.41) is 6.07. The van der Waals surface area contributed by atoms with Gasteiger partial charge in [0, 0.05) is 49.1 Å². The van der Waals surface area contributed by atoms with Crippen molar-refractivity contribution in [2.24, 2.45) is 0 Å². The first-order valence-corrected chi connectivity index (χ1v) is 9.82. The molecule has 1 amide bonds.